The van der Waals surface area contributed by atoms with Gasteiger partial charge in [0.2, 0.25) is 0 Å². The van der Waals surface area contributed by atoms with Gasteiger partial charge in [-0.2, -0.15) is 0 Å². The molecule has 166 valence electrons. The van der Waals surface area contributed by atoms with E-state index < -0.39 is 29.4 Å². The number of aromatic hydroxyl groups is 1. The Kier molecular flexibility index (Phi) is 6.85. The number of hydrogen-bond donors (Lipinski definition) is 4. The van der Waals surface area contributed by atoms with E-state index in [0.717, 1.165) is 16.7 Å². The maximum absolute atomic E-state index is 12.6. The molecule has 4 N–H and O–H groups in total. The van der Waals surface area contributed by atoms with E-state index in [0.29, 0.717) is 10.6 Å². The zero-order valence-corrected chi connectivity index (χ0v) is 18.2. The molecule has 0 aliphatic carbocycles. The van der Waals surface area contributed by atoms with Gasteiger partial charge in [0, 0.05) is 18.3 Å². The first kappa shape index (κ1) is 22.9. The Bertz CT molecular complexity index is 1240. The predicted octanol–water partition coefficient (Wildman–Crippen LogP) is 4.06. The Labute approximate surface area is 189 Å². The zero-order chi connectivity index (χ0) is 23.4. The second-order valence-corrected chi connectivity index (χ2v) is 7.76. The lowest BCUT2D eigenvalue weighted by Crippen LogP contribution is -2.36. The lowest BCUT2D eigenvalue weighted by atomic mass is 9.94. The maximum Gasteiger partial charge on any atom is 0.319 e. The van der Waals surface area contributed by atoms with Crippen molar-refractivity contribution in [1.82, 2.24) is 9.88 Å². The minimum atomic E-state index is -1.11. The van der Waals surface area contributed by atoms with Crippen molar-refractivity contribution < 1.29 is 19.8 Å². The number of benzene rings is 2. The lowest BCUT2D eigenvalue weighted by molar-refractivity contribution is -0.137. The van der Waals surface area contributed by atoms with Crippen molar-refractivity contribution in [1.29, 1.82) is 0 Å². The number of halogens is 1. The van der Waals surface area contributed by atoms with E-state index in [-0.39, 0.29) is 12.1 Å². The number of urea groups is 1. The molecule has 8 nitrogen and oxygen atoms in total. The van der Waals surface area contributed by atoms with Gasteiger partial charge in [-0.1, -0.05) is 35.9 Å². The molecule has 0 spiro atoms. The molecular weight excluding hydrogens is 434 g/mol. The third-order valence-corrected chi connectivity index (χ3v) is 5.20. The fourth-order valence-electron chi connectivity index (χ4n) is 3.29. The first-order valence-electron chi connectivity index (χ1n) is 9.70. The molecule has 0 radical (unpaired) electrons. The van der Waals surface area contributed by atoms with Gasteiger partial charge in [-0.15, -0.1) is 0 Å². The summed E-state index contributed by atoms with van der Waals surface area (Å²) in [6.45, 7) is 1.92. The Balaban J connectivity index is 1.91. The van der Waals surface area contributed by atoms with Crippen LogP contribution in [0.3, 0.4) is 0 Å². The van der Waals surface area contributed by atoms with Crippen LogP contribution in [0.5, 0.6) is 5.75 Å². The number of carboxylic acid groups (broad SMARTS) is 1. The maximum atomic E-state index is 12.6. The first-order chi connectivity index (χ1) is 15.2. The van der Waals surface area contributed by atoms with E-state index in [9.17, 15) is 24.6 Å². The molecule has 3 rings (SSSR count). The summed E-state index contributed by atoms with van der Waals surface area (Å²) in [7, 11) is 1.47. The standard InChI is InChI=1S/C23H22ClN3O5/c1-13-6-7-15(11-17(13)14-4-3-5-16(24)10-14)18(12-20(29)30)25-23(32)26-21-19(28)8-9-27(2)22(21)31/h3-11,18,28H,12H2,1-2H3,(H,29,30)(H2,25,26,32)/t18-/m0/s1. The summed E-state index contributed by atoms with van der Waals surface area (Å²) >= 11 is 6.11. The van der Waals surface area contributed by atoms with Crippen LogP contribution in [0.1, 0.15) is 23.6 Å². The Morgan fingerprint density at radius 3 is 2.59 bits per heavy atom. The number of carboxylic acids is 1. The normalized spacial score (nSPS) is 11.6. The highest BCUT2D eigenvalue weighted by Crippen LogP contribution is 2.30. The van der Waals surface area contributed by atoms with Crippen LogP contribution < -0.4 is 16.2 Å². The molecule has 1 atom stereocenters. The average molecular weight is 456 g/mol. The SMILES string of the molecule is Cc1ccc([C@H](CC(=O)O)NC(=O)Nc2c(O)ccn(C)c2=O)cc1-c1cccc(Cl)c1. The summed E-state index contributed by atoms with van der Waals surface area (Å²) in [6, 6.07) is 12.2. The molecule has 0 unspecified atom stereocenters. The largest absolute Gasteiger partial charge is 0.505 e. The highest BCUT2D eigenvalue weighted by molar-refractivity contribution is 6.30. The zero-order valence-electron chi connectivity index (χ0n) is 17.4. The predicted molar refractivity (Wildman–Crippen MR) is 122 cm³/mol. The second kappa shape index (κ2) is 9.57. The lowest BCUT2D eigenvalue weighted by Gasteiger charge is -2.20. The van der Waals surface area contributed by atoms with Crippen molar-refractivity contribution >= 4 is 29.3 Å². The molecule has 9 heteroatoms. The fourth-order valence-corrected chi connectivity index (χ4v) is 3.49. The van der Waals surface area contributed by atoms with Gasteiger partial charge in [0.15, 0.2) is 5.69 Å². The summed E-state index contributed by atoms with van der Waals surface area (Å²) in [5.74, 6) is -1.50. The van der Waals surface area contributed by atoms with Crippen LogP contribution in [-0.2, 0) is 11.8 Å². The number of rotatable bonds is 6. The van der Waals surface area contributed by atoms with Gasteiger partial charge < -0.3 is 25.4 Å². The number of nitrogens with one attached hydrogen (secondary N) is 2. The van der Waals surface area contributed by atoms with E-state index in [1.807, 2.05) is 25.1 Å². The molecule has 0 fully saturated rings. The van der Waals surface area contributed by atoms with Crippen molar-refractivity contribution in [3.63, 3.8) is 0 Å². The van der Waals surface area contributed by atoms with E-state index in [1.54, 1.807) is 24.3 Å². The summed E-state index contributed by atoms with van der Waals surface area (Å²) in [6.07, 6.45) is 0.974. The molecule has 0 aliphatic rings. The molecule has 2 amide bonds. The molecule has 1 heterocycles. The number of pyridine rings is 1. The number of carbonyl (C=O) groups excluding carboxylic acids is 1. The molecule has 32 heavy (non-hydrogen) atoms. The molecule has 3 aromatic rings. The number of aliphatic carboxylic acids is 1. The quantitative estimate of drug-likeness (QED) is 0.446. The first-order valence-corrected chi connectivity index (χ1v) is 10.1. The number of nitrogens with zero attached hydrogens (tertiary/aromatic N) is 1. The number of aromatic nitrogens is 1. The Hall–Kier alpha value is -3.78. The number of hydrogen-bond acceptors (Lipinski definition) is 4. The number of carbonyl (C=O) groups is 2. The third-order valence-electron chi connectivity index (χ3n) is 4.97. The number of anilines is 1. The summed E-state index contributed by atoms with van der Waals surface area (Å²) in [4.78, 5) is 36.2. The molecule has 0 aliphatic heterocycles. The van der Waals surface area contributed by atoms with Crippen molar-refractivity contribution in [3.05, 3.63) is 81.2 Å². The van der Waals surface area contributed by atoms with Gasteiger partial charge in [0.05, 0.1) is 12.5 Å². The summed E-state index contributed by atoms with van der Waals surface area (Å²) in [5, 5.41) is 24.7. The molecule has 0 saturated carbocycles. The number of amides is 2. The van der Waals surface area contributed by atoms with Crippen LogP contribution in [0.15, 0.2) is 59.5 Å². The Morgan fingerprint density at radius 1 is 1.16 bits per heavy atom. The van der Waals surface area contributed by atoms with E-state index in [4.69, 9.17) is 11.6 Å². The highest BCUT2D eigenvalue weighted by Gasteiger charge is 2.21. The smallest absolute Gasteiger partial charge is 0.319 e. The second-order valence-electron chi connectivity index (χ2n) is 7.33. The highest BCUT2D eigenvalue weighted by atomic mass is 35.5. The van der Waals surface area contributed by atoms with Gasteiger partial charge in [-0.05, 0) is 53.4 Å². The van der Waals surface area contributed by atoms with Gasteiger partial charge in [0.1, 0.15) is 5.75 Å². The van der Waals surface area contributed by atoms with Gasteiger partial charge in [-0.25, -0.2) is 4.79 Å². The number of aryl methyl sites for hydroxylation is 2. The summed E-state index contributed by atoms with van der Waals surface area (Å²) < 4.78 is 1.20. The van der Waals surface area contributed by atoms with Crippen molar-refractivity contribution in [2.45, 2.75) is 19.4 Å². The van der Waals surface area contributed by atoms with Crippen LogP contribution in [0.2, 0.25) is 5.02 Å². The van der Waals surface area contributed by atoms with Crippen LogP contribution in [0.4, 0.5) is 10.5 Å². The topological polar surface area (TPSA) is 121 Å². The van der Waals surface area contributed by atoms with Crippen LogP contribution >= 0.6 is 11.6 Å². The summed E-state index contributed by atoms with van der Waals surface area (Å²) in [5.41, 5.74) is 2.31. The fraction of sp³-hybridized carbons (Fsp3) is 0.174. The molecule has 0 bridgehead atoms. The minimum absolute atomic E-state index is 0.301. The van der Waals surface area contributed by atoms with Crippen molar-refractivity contribution in [2.24, 2.45) is 7.05 Å². The van der Waals surface area contributed by atoms with Crippen LogP contribution in [0.25, 0.3) is 11.1 Å². The molecular formula is C23H22ClN3O5. The molecule has 2 aromatic carbocycles. The van der Waals surface area contributed by atoms with E-state index in [2.05, 4.69) is 10.6 Å². The molecule has 1 aromatic heterocycles. The third kappa shape index (κ3) is 5.28. The Morgan fingerprint density at radius 2 is 1.91 bits per heavy atom. The minimum Gasteiger partial charge on any atom is -0.505 e. The van der Waals surface area contributed by atoms with E-state index >= 15 is 0 Å². The van der Waals surface area contributed by atoms with Crippen LogP contribution in [0, 0.1) is 6.92 Å². The van der Waals surface area contributed by atoms with Crippen molar-refractivity contribution in [2.75, 3.05) is 5.32 Å². The van der Waals surface area contributed by atoms with Crippen LogP contribution in [-0.4, -0.2) is 26.8 Å². The van der Waals surface area contributed by atoms with E-state index in [1.165, 1.54) is 23.9 Å². The van der Waals surface area contributed by atoms with Gasteiger partial charge in [-0.3, -0.25) is 9.59 Å². The van der Waals surface area contributed by atoms with Gasteiger partial charge >= 0.3 is 12.0 Å². The van der Waals surface area contributed by atoms with Crippen molar-refractivity contribution in [3.8, 4) is 16.9 Å². The monoisotopic (exact) mass is 455 g/mol. The molecule has 0 saturated heterocycles. The van der Waals surface area contributed by atoms with Gasteiger partial charge in [0.25, 0.3) is 5.56 Å². The average Bonchev–Trinajstić information content (AvgIpc) is 2.73.